The van der Waals surface area contributed by atoms with Gasteiger partial charge in [-0.3, -0.25) is 9.59 Å². The van der Waals surface area contributed by atoms with Crippen molar-refractivity contribution in [2.45, 2.75) is 72.3 Å². The molecule has 4 aromatic carbocycles. The van der Waals surface area contributed by atoms with E-state index in [4.69, 9.17) is 18.9 Å². The molecule has 0 atom stereocenters. The molecule has 0 amide bonds. The Morgan fingerprint density at radius 1 is 0.457 bits per heavy atom. The smallest absolute Gasteiger partial charge is 0.311 e. The van der Waals surface area contributed by atoms with Crippen LogP contribution in [-0.4, -0.2) is 41.0 Å². The van der Waals surface area contributed by atoms with Crippen molar-refractivity contribution in [3.8, 4) is 23.0 Å². The summed E-state index contributed by atoms with van der Waals surface area (Å²) in [6.45, 7) is 7.48. The summed E-state index contributed by atoms with van der Waals surface area (Å²) in [6, 6.07) is 22.9. The molecule has 0 saturated carbocycles. The molecule has 0 aliphatic rings. The molecule has 0 heterocycles. The molecule has 0 aromatic heterocycles. The number of benzene rings is 4. The van der Waals surface area contributed by atoms with E-state index in [1.54, 1.807) is 24.3 Å². The highest BCUT2D eigenvalue weighted by atomic mass is 32.2. The molecule has 0 aliphatic heterocycles. The maximum Gasteiger partial charge on any atom is 0.311 e. The number of rotatable bonds is 13. The summed E-state index contributed by atoms with van der Waals surface area (Å²) in [5.74, 6) is -0.119. The van der Waals surface area contributed by atoms with E-state index in [1.807, 2.05) is 27.7 Å². The third kappa shape index (κ3) is 8.95. The fourth-order valence-corrected chi connectivity index (χ4v) is 6.68. The van der Waals surface area contributed by atoms with E-state index < -0.39 is 31.6 Å². The van der Waals surface area contributed by atoms with E-state index in [2.05, 4.69) is 0 Å². The standard InChI is InChI=1S/C34H34O10S2/c1-23(2)41-25-5-13-29(14-6-25)45(37,38)31-17-9-27(10-18-31)43-33(35)21-22-34(36)44-28-11-19-32(20-12-28)46(39,40)30-15-7-26(8-16-30)42-24(3)4/h5-20,23-24H,21-22H2,1-4H3. The molecule has 4 aromatic rings. The Bertz CT molecular complexity index is 1720. The van der Waals surface area contributed by atoms with E-state index >= 15 is 0 Å². The van der Waals surface area contributed by atoms with Gasteiger partial charge in [0.05, 0.1) is 44.6 Å². The van der Waals surface area contributed by atoms with Crippen molar-refractivity contribution in [3.05, 3.63) is 97.1 Å². The molecule has 0 saturated heterocycles. The topological polar surface area (TPSA) is 139 Å². The molecular formula is C34H34O10S2. The second kappa shape index (κ2) is 14.6. The number of hydrogen-bond donors (Lipinski definition) is 0. The van der Waals surface area contributed by atoms with Crippen LogP contribution >= 0.6 is 0 Å². The van der Waals surface area contributed by atoms with Crippen LogP contribution in [0.3, 0.4) is 0 Å². The Kier molecular flexibility index (Phi) is 10.9. The average molecular weight is 667 g/mol. The van der Waals surface area contributed by atoms with E-state index in [0.717, 1.165) is 0 Å². The molecule has 46 heavy (non-hydrogen) atoms. The zero-order chi connectivity index (χ0) is 33.5. The van der Waals surface area contributed by atoms with Gasteiger partial charge >= 0.3 is 11.9 Å². The van der Waals surface area contributed by atoms with Gasteiger partial charge < -0.3 is 18.9 Å². The lowest BCUT2D eigenvalue weighted by atomic mass is 10.3. The third-order valence-corrected chi connectivity index (χ3v) is 9.85. The summed E-state index contributed by atoms with van der Waals surface area (Å²) in [5, 5.41) is 0. The monoisotopic (exact) mass is 666 g/mol. The first kappa shape index (κ1) is 34.2. The Morgan fingerprint density at radius 3 is 0.935 bits per heavy atom. The number of sulfone groups is 2. The van der Waals surface area contributed by atoms with Crippen molar-refractivity contribution in [2.75, 3.05) is 0 Å². The molecule has 12 heteroatoms. The van der Waals surface area contributed by atoms with Crippen molar-refractivity contribution in [1.29, 1.82) is 0 Å². The zero-order valence-corrected chi connectivity index (χ0v) is 27.3. The summed E-state index contributed by atoms with van der Waals surface area (Å²) >= 11 is 0. The number of carbonyl (C=O) groups excluding carboxylic acids is 2. The van der Waals surface area contributed by atoms with Crippen LogP contribution in [-0.2, 0) is 29.3 Å². The van der Waals surface area contributed by atoms with Gasteiger partial charge in [-0.05, 0) is 125 Å². The molecule has 242 valence electrons. The lowest BCUT2D eigenvalue weighted by Gasteiger charge is -2.11. The lowest BCUT2D eigenvalue weighted by Crippen LogP contribution is -2.14. The van der Waals surface area contributed by atoms with Gasteiger partial charge in [0.25, 0.3) is 0 Å². The molecule has 0 spiro atoms. The minimum atomic E-state index is -3.81. The molecule has 0 N–H and O–H groups in total. The molecule has 0 fully saturated rings. The first-order chi connectivity index (χ1) is 21.7. The Morgan fingerprint density at radius 2 is 0.696 bits per heavy atom. The second-order valence-corrected chi connectivity index (χ2v) is 14.6. The highest BCUT2D eigenvalue weighted by Crippen LogP contribution is 2.27. The third-order valence-electron chi connectivity index (χ3n) is 6.28. The van der Waals surface area contributed by atoms with Crippen LogP contribution in [0.5, 0.6) is 23.0 Å². The maximum atomic E-state index is 13.0. The first-order valence-corrected chi connectivity index (χ1v) is 17.4. The van der Waals surface area contributed by atoms with Gasteiger partial charge in [0.1, 0.15) is 23.0 Å². The highest BCUT2D eigenvalue weighted by molar-refractivity contribution is 7.91. The largest absolute Gasteiger partial charge is 0.491 e. The highest BCUT2D eigenvalue weighted by Gasteiger charge is 2.20. The van der Waals surface area contributed by atoms with Crippen LogP contribution in [0.25, 0.3) is 0 Å². The minimum absolute atomic E-state index is 0.0152. The predicted molar refractivity (Wildman–Crippen MR) is 169 cm³/mol. The van der Waals surface area contributed by atoms with Crippen molar-refractivity contribution >= 4 is 31.6 Å². The second-order valence-electron chi connectivity index (χ2n) is 10.7. The molecular weight excluding hydrogens is 632 g/mol. The molecule has 0 radical (unpaired) electrons. The number of carbonyl (C=O) groups is 2. The molecule has 10 nitrogen and oxygen atoms in total. The summed E-state index contributed by atoms with van der Waals surface area (Å²) in [5.41, 5.74) is 0. The minimum Gasteiger partial charge on any atom is -0.491 e. The van der Waals surface area contributed by atoms with Gasteiger partial charge in [0.2, 0.25) is 19.7 Å². The number of hydrogen-bond acceptors (Lipinski definition) is 10. The fraction of sp³-hybridized carbons (Fsp3) is 0.235. The quantitative estimate of drug-likeness (QED) is 0.119. The van der Waals surface area contributed by atoms with Gasteiger partial charge in [0, 0.05) is 0 Å². The van der Waals surface area contributed by atoms with Crippen molar-refractivity contribution in [3.63, 3.8) is 0 Å². The first-order valence-electron chi connectivity index (χ1n) is 14.4. The summed E-state index contributed by atoms with van der Waals surface area (Å²) in [4.78, 5) is 24.8. The Labute approximate surface area is 268 Å². The SMILES string of the molecule is CC(C)Oc1ccc(S(=O)(=O)c2ccc(OC(=O)CCC(=O)Oc3ccc(S(=O)(=O)c4ccc(OC(C)C)cc4)cc3)cc2)cc1. The van der Waals surface area contributed by atoms with Crippen molar-refractivity contribution < 1.29 is 45.4 Å². The van der Waals surface area contributed by atoms with Crippen molar-refractivity contribution in [1.82, 2.24) is 0 Å². The van der Waals surface area contributed by atoms with Crippen LogP contribution in [0.4, 0.5) is 0 Å². The van der Waals surface area contributed by atoms with Gasteiger partial charge in [-0.15, -0.1) is 0 Å². The van der Waals surface area contributed by atoms with Crippen molar-refractivity contribution in [2.24, 2.45) is 0 Å². The average Bonchev–Trinajstić information content (AvgIpc) is 3.00. The molecule has 0 unspecified atom stereocenters. The van der Waals surface area contributed by atoms with Crippen LogP contribution < -0.4 is 18.9 Å². The van der Waals surface area contributed by atoms with Crippen LogP contribution in [0.1, 0.15) is 40.5 Å². The van der Waals surface area contributed by atoms with E-state index in [-0.39, 0.29) is 56.1 Å². The number of ether oxygens (including phenoxy) is 4. The zero-order valence-electron chi connectivity index (χ0n) is 25.7. The Balaban J connectivity index is 1.27. The summed E-state index contributed by atoms with van der Waals surface area (Å²) < 4.78 is 73.4. The van der Waals surface area contributed by atoms with E-state index in [9.17, 15) is 26.4 Å². The molecule has 0 aliphatic carbocycles. The summed E-state index contributed by atoms with van der Waals surface area (Å²) in [7, 11) is -7.61. The van der Waals surface area contributed by atoms with Crippen LogP contribution in [0.15, 0.2) is 117 Å². The van der Waals surface area contributed by atoms with Gasteiger partial charge in [-0.1, -0.05) is 0 Å². The van der Waals surface area contributed by atoms with Crippen LogP contribution in [0.2, 0.25) is 0 Å². The summed E-state index contributed by atoms with van der Waals surface area (Å²) in [6.07, 6.45) is -0.691. The predicted octanol–water partition coefficient (Wildman–Crippen LogP) is 6.22. The maximum absolute atomic E-state index is 13.0. The van der Waals surface area contributed by atoms with E-state index in [1.165, 1.54) is 72.8 Å². The fourth-order valence-electron chi connectivity index (χ4n) is 4.15. The Hall–Kier alpha value is -4.68. The van der Waals surface area contributed by atoms with Gasteiger partial charge in [0.15, 0.2) is 0 Å². The molecule has 4 rings (SSSR count). The normalized spacial score (nSPS) is 11.7. The molecule has 0 bridgehead atoms. The van der Waals surface area contributed by atoms with Gasteiger partial charge in [-0.25, -0.2) is 16.8 Å². The lowest BCUT2D eigenvalue weighted by molar-refractivity contribution is -0.140. The number of esters is 2. The van der Waals surface area contributed by atoms with Crippen LogP contribution in [0, 0.1) is 0 Å². The van der Waals surface area contributed by atoms with E-state index in [0.29, 0.717) is 11.5 Å². The van der Waals surface area contributed by atoms with Gasteiger partial charge in [-0.2, -0.15) is 0 Å².